The van der Waals surface area contributed by atoms with Gasteiger partial charge in [-0.15, -0.1) is 0 Å². The molecule has 2 heterocycles. The van der Waals surface area contributed by atoms with Gasteiger partial charge in [-0.1, -0.05) is 6.07 Å². The minimum atomic E-state index is -4.38. The zero-order chi connectivity index (χ0) is 21.0. The van der Waals surface area contributed by atoms with Crippen LogP contribution in [0, 0.1) is 11.7 Å². The maximum Gasteiger partial charge on any atom is 0.408 e. The summed E-state index contributed by atoms with van der Waals surface area (Å²) in [6, 6.07) is 3.80. The van der Waals surface area contributed by atoms with Gasteiger partial charge in [0.15, 0.2) is 0 Å². The molecule has 0 saturated carbocycles. The third-order valence-electron chi connectivity index (χ3n) is 5.66. The lowest BCUT2D eigenvalue weighted by Crippen LogP contribution is -2.49. The lowest BCUT2D eigenvalue weighted by Gasteiger charge is -2.34. The van der Waals surface area contributed by atoms with Crippen molar-refractivity contribution in [3.63, 3.8) is 0 Å². The van der Waals surface area contributed by atoms with Crippen LogP contribution in [-0.2, 0) is 4.79 Å². The van der Waals surface area contributed by atoms with Gasteiger partial charge in [-0.2, -0.15) is 13.2 Å². The Balaban J connectivity index is 1.41. The molecule has 1 N–H and O–H groups in total. The fourth-order valence-corrected chi connectivity index (χ4v) is 4.01. The number of hydrogen-bond acceptors (Lipinski definition) is 3. The predicted molar refractivity (Wildman–Crippen MR) is 98.7 cm³/mol. The maximum absolute atomic E-state index is 13.2. The van der Waals surface area contributed by atoms with Crippen LogP contribution in [0.4, 0.5) is 17.6 Å². The normalized spacial score (nSPS) is 21.4. The van der Waals surface area contributed by atoms with E-state index in [1.165, 1.54) is 18.2 Å². The van der Waals surface area contributed by atoms with Crippen LogP contribution in [0.3, 0.4) is 0 Å². The molecule has 0 spiro atoms. The first-order valence-electron chi connectivity index (χ1n) is 9.86. The fourth-order valence-electron chi connectivity index (χ4n) is 4.01. The number of nitrogens with one attached hydrogen (secondary N) is 1. The second-order valence-electron chi connectivity index (χ2n) is 7.73. The van der Waals surface area contributed by atoms with E-state index in [1.54, 1.807) is 6.07 Å². The number of piperidine rings is 1. The average molecular weight is 415 g/mol. The molecule has 160 valence electrons. The van der Waals surface area contributed by atoms with Gasteiger partial charge in [0.2, 0.25) is 5.91 Å². The Morgan fingerprint density at radius 3 is 2.48 bits per heavy atom. The molecule has 5 nitrogen and oxygen atoms in total. The number of benzene rings is 1. The van der Waals surface area contributed by atoms with Crippen LogP contribution in [-0.4, -0.2) is 66.6 Å². The molecule has 29 heavy (non-hydrogen) atoms. The summed E-state index contributed by atoms with van der Waals surface area (Å²) in [5.74, 6) is -1.06. The Hall–Kier alpha value is -2.16. The zero-order valence-corrected chi connectivity index (χ0v) is 16.1. The lowest BCUT2D eigenvalue weighted by molar-refractivity contribution is -0.183. The summed E-state index contributed by atoms with van der Waals surface area (Å²) in [6.45, 7) is 1.79. The Morgan fingerprint density at radius 2 is 1.83 bits per heavy atom. The standard InChI is InChI=1S/C20H25F4N3O2/c21-16-4-1-3-15(11-16)19(29)25-12-14-6-9-26(10-7-14)13-18(28)27-8-2-5-17(27)20(22,23)24/h1,3-4,11,14,17H,2,5-10,12-13H2,(H,25,29)/t17-/m1/s1. The van der Waals surface area contributed by atoms with Gasteiger partial charge < -0.3 is 10.2 Å². The van der Waals surface area contributed by atoms with E-state index in [1.807, 2.05) is 4.90 Å². The summed E-state index contributed by atoms with van der Waals surface area (Å²) in [5.41, 5.74) is 0.262. The van der Waals surface area contributed by atoms with Gasteiger partial charge in [0.05, 0.1) is 6.54 Å². The van der Waals surface area contributed by atoms with Crippen molar-refractivity contribution in [1.82, 2.24) is 15.1 Å². The molecule has 2 fully saturated rings. The molecular formula is C20H25F4N3O2. The highest BCUT2D eigenvalue weighted by molar-refractivity contribution is 5.94. The summed E-state index contributed by atoms with van der Waals surface area (Å²) in [7, 11) is 0. The molecule has 2 aliphatic heterocycles. The van der Waals surface area contributed by atoms with E-state index in [2.05, 4.69) is 5.32 Å². The van der Waals surface area contributed by atoms with Crippen molar-refractivity contribution < 1.29 is 27.2 Å². The second-order valence-corrected chi connectivity index (χ2v) is 7.73. The summed E-state index contributed by atoms with van der Waals surface area (Å²) in [6.07, 6.45) is -2.55. The SMILES string of the molecule is O=C(NCC1CCN(CC(=O)N2CCC[C@@H]2C(F)(F)F)CC1)c1cccc(F)c1. The van der Waals surface area contributed by atoms with Crippen molar-refractivity contribution in [1.29, 1.82) is 0 Å². The Morgan fingerprint density at radius 1 is 1.10 bits per heavy atom. The zero-order valence-electron chi connectivity index (χ0n) is 16.1. The first-order chi connectivity index (χ1) is 13.7. The topological polar surface area (TPSA) is 52.7 Å². The van der Waals surface area contributed by atoms with E-state index in [0.717, 1.165) is 17.7 Å². The van der Waals surface area contributed by atoms with E-state index in [9.17, 15) is 27.2 Å². The number of halogens is 4. The van der Waals surface area contributed by atoms with E-state index in [-0.39, 0.29) is 36.9 Å². The van der Waals surface area contributed by atoms with Gasteiger partial charge in [0.1, 0.15) is 11.9 Å². The van der Waals surface area contributed by atoms with Gasteiger partial charge in [-0.25, -0.2) is 4.39 Å². The Kier molecular flexibility index (Phi) is 6.77. The van der Waals surface area contributed by atoms with Gasteiger partial charge in [0, 0.05) is 18.7 Å². The molecule has 0 unspecified atom stereocenters. The number of rotatable bonds is 5. The van der Waals surface area contributed by atoms with Gasteiger partial charge in [-0.05, 0) is 62.9 Å². The van der Waals surface area contributed by atoms with Crippen molar-refractivity contribution in [2.75, 3.05) is 32.7 Å². The quantitative estimate of drug-likeness (QED) is 0.753. The van der Waals surface area contributed by atoms with Crippen LogP contribution in [0.1, 0.15) is 36.0 Å². The van der Waals surface area contributed by atoms with Crippen molar-refractivity contribution in [3.8, 4) is 0 Å². The summed E-state index contributed by atoms with van der Waals surface area (Å²) >= 11 is 0. The van der Waals surface area contributed by atoms with Crippen molar-refractivity contribution >= 4 is 11.8 Å². The van der Waals surface area contributed by atoms with Crippen LogP contribution >= 0.6 is 0 Å². The molecule has 0 radical (unpaired) electrons. The summed E-state index contributed by atoms with van der Waals surface area (Å²) < 4.78 is 52.3. The number of hydrogen-bond donors (Lipinski definition) is 1. The van der Waals surface area contributed by atoms with Crippen LogP contribution in [0.5, 0.6) is 0 Å². The number of carbonyl (C=O) groups excluding carboxylic acids is 2. The first kappa shape index (κ1) is 21.5. The smallest absolute Gasteiger partial charge is 0.352 e. The monoisotopic (exact) mass is 415 g/mol. The van der Waals surface area contributed by atoms with Crippen molar-refractivity contribution in [2.45, 2.75) is 37.9 Å². The van der Waals surface area contributed by atoms with Crippen LogP contribution in [0.2, 0.25) is 0 Å². The van der Waals surface area contributed by atoms with Crippen molar-refractivity contribution in [2.24, 2.45) is 5.92 Å². The van der Waals surface area contributed by atoms with Crippen molar-refractivity contribution in [3.05, 3.63) is 35.6 Å². The molecular weight excluding hydrogens is 390 g/mol. The van der Waals surface area contributed by atoms with E-state index in [0.29, 0.717) is 26.1 Å². The molecule has 9 heteroatoms. The Bertz CT molecular complexity index is 733. The predicted octanol–water partition coefficient (Wildman–Crippen LogP) is 2.82. The minimum Gasteiger partial charge on any atom is -0.352 e. The van der Waals surface area contributed by atoms with Crippen LogP contribution in [0.15, 0.2) is 24.3 Å². The molecule has 3 rings (SSSR count). The summed E-state index contributed by atoms with van der Waals surface area (Å²) in [4.78, 5) is 27.3. The number of alkyl halides is 3. The molecule has 2 amide bonds. The maximum atomic E-state index is 13.2. The molecule has 1 aromatic carbocycles. The van der Waals surface area contributed by atoms with E-state index in [4.69, 9.17) is 0 Å². The van der Waals surface area contributed by atoms with Gasteiger partial charge >= 0.3 is 6.18 Å². The third-order valence-corrected chi connectivity index (χ3v) is 5.66. The Labute approximate surface area is 167 Å². The highest BCUT2D eigenvalue weighted by atomic mass is 19.4. The molecule has 0 bridgehead atoms. The fraction of sp³-hybridized carbons (Fsp3) is 0.600. The number of nitrogens with zero attached hydrogens (tertiary/aromatic N) is 2. The highest BCUT2D eigenvalue weighted by Crippen LogP contribution is 2.32. The number of likely N-dealkylation sites (tertiary alicyclic amines) is 2. The highest BCUT2D eigenvalue weighted by Gasteiger charge is 2.47. The molecule has 2 saturated heterocycles. The molecule has 1 aromatic rings. The summed E-state index contributed by atoms with van der Waals surface area (Å²) in [5, 5.41) is 2.79. The molecule has 0 aliphatic carbocycles. The molecule has 0 aromatic heterocycles. The molecule has 2 aliphatic rings. The van der Waals surface area contributed by atoms with Crippen LogP contribution in [0.25, 0.3) is 0 Å². The van der Waals surface area contributed by atoms with E-state index >= 15 is 0 Å². The lowest BCUT2D eigenvalue weighted by atomic mass is 9.96. The number of carbonyl (C=O) groups is 2. The largest absolute Gasteiger partial charge is 0.408 e. The second kappa shape index (κ2) is 9.11. The van der Waals surface area contributed by atoms with Crippen LogP contribution < -0.4 is 5.32 Å². The average Bonchev–Trinajstić information content (AvgIpc) is 3.18. The molecule has 1 atom stereocenters. The number of amides is 2. The minimum absolute atomic E-state index is 0.00501. The van der Waals surface area contributed by atoms with E-state index < -0.39 is 23.9 Å². The van der Waals surface area contributed by atoms with Gasteiger partial charge in [-0.3, -0.25) is 14.5 Å². The third kappa shape index (κ3) is 5.68. The first-order valence-corrected chi connectivity index (χ1v) is 9.86. The van der Waals surface area contributed by atoms with Gasteiger partial charge in [0.25, 0.3) is 5.91 Å².